The number of amides is 3. The quantitative estimate of drug-likeness (QED) is 0.709. The van der Waals surface area contributed by atoms with Crippen molar-refractivity contribution in [3.63, 3.8) is 0 Å². The van der Waals surface area contributed by atoms with E-state index < -0.39 is 6.09 Å². The summed E-state index contributed by atoms with van der Waals surface area (Å²) in [7, 11) is 1.49. The molecule has 1 atom stereocenters. The van der Waals surface area contributed by atoms with Crippen molar-refractivity contribution in [1.29, 1.82) is 0 Å². The SMILES string of the molecule is CNC(=O)OCc1ccc(NC(=O)CNC(=O)[C@@H](C)C(C)C)cc1. The molecule has 24 heavy (non-hydrogen) atoms. The van der Waals surface area contributed by atoms with Gasteiger partial charge in [-0.05, 0) is 23.6 Å². The van der Waals surface area contributed by atoms with E-state index >= 15 is 0 Å². The minimum Gasteiger partial charge on any atom is -0.445 e. The lowest BCUT2D eigenvalue weighted by Crippen LogP contribution is -2.37. The summed E-state index contributed by atoms with van der Waals surface area (Å²) in [5, 5.41) is 7.67. The molecule has 132 valence electrons. The van der Waals surface area contributed by atoms with E-state index in [4.69, 9.17) is 4.74 Å². The summed E-state index contributed by atoms with van der Waals surface area (Å²) in [5.41, 5.74) is 1.41. The van der Waals surface area contributed by atoms with E-state index in [1.54, 1.807) is 24.3 Å². The summed E-state index contributed by atoms with van der Waals surface area (Å²) in [6.07, 6.45) is -0.501. The largest absolute Gasteiger partial charge is 0.445 e. The van der Waals surface area contributed by atoms with Gasteiger partial charge in [0.15, 0.2) is 0 Å². The molecule has 0 bridgehead atoms. The van der Waals surface area contributed by atoms with Gasteiger partial charge in [0.25, 0.3) is 0 Å². The fourth-order valence-corrected chi connectivity index (χ4v) is 1.74. The monoisotopic (exact) mass is 335 g/mol. The molecule has 0 fully saturated rings. The van der Waals surface area contributed by atoms with E-state index in [1.165, 1.54) is 7.05 Å². The molecule has 7 heteroatoms. The van der Waals surface area contributed by atoms with Crippen LogP contribution in [0.25, 0.3) is 0 Å². The number of alkyl carbamates (subject to hydrolysis) is 1. The van der Waals surface area contributed by atoms with Crippen molar-refractivity contribution in [2.45, 2.75) is 27.4 Å². The van der Waals surface area contributed by atoms with Crippen LogP contribution < -0.4 is 16.0 Å². The van der Waals surface area contributed by atoms with Gasteiger partial charge in [-0.3, -0.25) is 9.59 Å². The second-order valence-electron chi connectivity index (χ2n) is 5.82. The van der Waals surface area contributed by atoms with Gasteiger partial charge < -0.3 is 20.7 Å². The van der Waals surface area contributed by atoms with E-state index in [9.17, 15) is 14.4 Å². The number of carbonyl (C=O) groups is 3. The number of rotatable bonds is 7. The Balaban J connectivity index is 2.42. The molecule has 0 saturated carbocycles. The molecule has 0 saturated heterocycles. The van der Waals surface area contributed by atoms with Crippen LogP contribution in [0.4, 0.5) is 10.5 Å². The van der Waals surface area contributed by atoms with Crippen molar-refractivity contribution in [2.24, 2.45) is 11.8 Å². The Kier molecular flexibility index (Phi) is 7.74. The normalized spacial score (nSPS) is 11.5. The van der Waals surface area contributed by atoms with E-state index in [1.807, 2.05) is 20.8 Å². The maximum Gasteiger partial charge on any atom is 0.407 e. The maximum atomic E-state index is 11.8. The Hall–Kier alpha value is -2.57. The molecule has 0 aromatic heterocycles. The molecular formula is C17H25N3O4. The molecule has 3 N–H and O–H groups in total. The number of benzene rings is 1. The topological polar surface area (TPSA) is 96.5 Å². The Labute approximate surface area is 142 Å². The first-order valence-corrected chi connectivity index (χ1v) is 7.84. The summed E-state index contributed by atoms with van der Waals surface area (Å²) >= 11 is 0. The standard InChI is InChI=1S/C17H25N3O4/c1-11(2)12(3)16(22)19-9-15(21)20-14-7-5-13(6-8-14)10-24-17(23)18-4/h5-8,11-12H,9-10H2,1-4H3,(H,18,23)(H,19,22)(H,20,21)/t12-/m0/s1. The number of hydrogen-bond acceptors (Lipinski definition) is 4. The van der Waals surface area contributed by atoms with Gasteiger partial charge in [0.2, 0.25) is 11.8 Å². The average Bonchev–Trinajstić information content (AvgIpc) is 2.57. The highest BCUT2D eigenvalue weighted by molar-refractivity contribution is 5.94. The molecule has 7 nitrogen and oxygen atoms in total. The third-order valence-electron chi connectivity index (χ3n) is 3.65. The molecule has 1 rings (SSSR count). The predicted octanol–water partition coefficient (Wildman–Crippen LogP) is 1.89. The molecule has 0 radical (unpaired) electrons. The van der Waals surface area contributed by atoms with Gasteiger partial charge in [-0.15, -0.1) is 0 Å². The van der Waals surface area contributed by atoms with E-state index in [0.29, 0.717) is 5.69 Å². The maximum absolute atomic E-state index is 11.8. The van der Waals surface area contributed by atoms with Crippen LogP contribution in [0.1, 0.15) is 26.3 Å². The lowest BCUT2D eigenvalue weighted by molar-refractivity contribution is -0.127. The first-order valence-electron chi connectivity index (χ1n) is 7.84. The number of hydrogen-bond donors (Lipinski definition) is 3. The molecule has 0 aliphatic rings. The second-order valence-corrected chi connectivity index (χ2v) is 5.82. The van der Waals surface area contributed by atoms with Crippen molar-refractivity contribution >= 4 is 23.6 Å². The number of anilines is 1. The van der Waals surface area contributed by atoms with Gasteiger partial charge in [-0.2, -0.15) is 0 Å². The van der Waals surface area contributed by atoms with Crippen LogP contribution in [0.3, 0.4) is 0 Å². The fourth-order valence-electron chi connectivity index (χ4n) is 1.74. The minimum absolute atomic E-state index is 0.0720. The number of carbonyl (C=O) groups excluding carboxylic acids is 3. The van der Waals surface area contributed by atoms with Gasteiger partial charge in [-0.25, -0.2) is 4.79 Å². The Morgan fingerprint density at radius 2 is 1.71 bits per heavy atom. The molecule has 3 amide bonds. The highest BCUT2D eigenvalue weighted by Crippen LogP contribution is 2.11. The fraction of sp³-hybridized carbons (Fsp3) is 0.471. The molecule has 0 heterocycles. The second kappa shape index (κ2) is 9.54. The molecule has 1 aromatic carbocycles. The van der Waals surface area contributed by atoms with Crippen LogP contribution in [0, 0.1) is 11.8 Å². The van der Waals surface area contributed by atoms with Crippen LogP contribution in [0.2, 0.25) is 0 Å². The van der Waals surface area contributed by atoms with Crippen LogP contribution >= 0.6 is 0 Å². The molecule has 0 aliphatic heterocycles. The Morgan fingerprint density at radius 1 is 1.08 bits per heavy atom. The summed E-state index contributed by atoms with van der Waals surface area (Å²) < 4.78 is 4.92. The lowest BCUT2D eigenvalue weighted by Gasteiger charge is -2.15. The van der Waals surface area contributed by atoms with Crippen molar-refractivity contribution in [3.8, 4) is 0 Å². The minimum atomic E-state index is -0.501. The van der Waals surface area contributed by atoms with Crippen LogP contribution in [-0.2, 0) is 20.9 Å². The molecule has 0 aliphatic carbocycles. The van der Waals surface area contributed by atoms with Crippen LogP contribution in [0.5, 0.6) is 0 Å². The third-order valence-corrected chi connectivity index (χ3v) is 3.65. The summed E-state index contributed by atoms with van der Waals surface area (Å²) in [6, 6.07) is 6.91. The van der Waals surface area contributed by atoms with E-state index in [0.717, 1.165) is 5.56 Å². The zero-order chi connectivity index (χ0) is 18.1. The molecule has 0 spiro atoms. The zero-order valence-corrected chi connectivity index (χ0v) is 14.5. The summed E-state index contributed by atoms with van der Waals surface area (Å²) in [5.74, 6) is -0.356. The van der Waals surface area contributed by atoms with Gasteiger partial charge >= 0.3 is 6.09 Å². The van der Waals surface area contributed by atoms with Crippen molar-refractivity contribution in [2.75, 3.05) is 18.9 Å². The molecule has 0 unspecified atom stereocenters. The van der Waals surface area contributed by atoms with Crippen molar-refractivity contribution in [3.05, 3.63) is 29.8 Å². The van der Waals surface area contributed by atoms with Crippen LogP contribution in [-0.4, -0.2) is 31.5 Å². The first-order chi connectivity index (χ1) is 11.3. The summed E-state index contributed by atoms with van der Waals surface area (Å²) in [6.45, 7) is 5.82. The van der Waals surface area contributed by atoms with Gasteiger partial charge in [-0.1, -0.05) is 32.9 Å². The zero-order valence-electron chi connectivity index (χ0n) is 14.5. The predicted molar refractivity (Wildman–Crippen MR) is 91.3 cm³/mol. The number of ether oxygens (including phenoxy) is 1. The van der Waals surface area contributed by atoms with E-state index in [2.05, 4.69) is 16.0 Å². The van der Waals surface area contributed by atoms with Crippen LogP contribution in [0.15, 0.2) is 24.3 Å². The Morgan fingerprint density at radius 3 is 2.25 bits per heavy atom. The van der Waals surface area contributed by atoms with Gasteiger partial charge in [0, 0.05) is 18.7 Å². The summed E-state index contributed by atoms with van der Waals surface area (Å²) in [4.78, 5) is 34.6. The number of nitrogens with one attached hydrogen (secondary N) is 3. The average molecular weight is 335 g/mol. The molecule has 1 aromatic rings. The Bertz CT molecular complexity index is 570. The van der Waals surface area contributed by atoms with E-state index in [-0.39, 0.29) is 36.8 Å². The smallest absolute Gasteiger partial charge is 0.407 e. The van der Waals surface area contributed by atoms with Gasteiger partial charge in [0.05, 0.1) is 6.54 Å². The first kappa shape index (κ1) is 19.5. The third kappa shape index (κ3) is 6.68. The van der Waals surface area contributed by atoms with Gasteiger partial charge in [0.1, 0.15) is 6.61 Å². The van der Waals surface area contributed by atoms with Crippen molar-refractivity contribution < 1.29 is 19.1 Å². The highest BCUT2D eigenvalue weighted by Gasteiger charge is 2.17. The van der Waals surface area contributed by atoms with Crippen molar-refractivity contribution in [1.82, 2.24) is 10.6 Å². The highest BCUT2D eigenvalue weighted by atomic mass is 16.5. The molecular weight excluding hydrogens is 310 g/mol. The lowest BCUT2D eigenvalue weighted by atomic mass is 9.97.